The summed E-state index contributed by atoms with van der Waals surface area (Å²) < 4.78 is 11.5. The van der Waals surface area contributed by atoms with Crippen molar-refractivity contribution in [2.45, 2.75) is 84.8 Å². The van der Waals surface area contributed by atoms with Gasteiger partial charge in [0.25, 0.3) is 0 Å². The fourth-order valence-electron chi connectivity index (χ4n) is 2.86. The molecule has 0 spiro atoms. The van der Waals surface area contributed by atoms with E-state index in [1.54, 1.807) is 33.1 Å². The molecule has 164 valence electrons. The lowest BCUT2D eigenvalue weighted by atomic mass is 9.98. The molecule has 0 aromatic rings. The highest BCUT2D eigenvalue weighted by Crippen LogP contribution is 2.23. The van der Waals surface area contributed by atoms with Gasteiger partial charge in [-0.2, -0.15) is 5.01 Å². The van der Waals surface area contributed by atoms with E-state index in [1.807, 2.05) is 32.0 Å². The SMILES string of the molecule is C=C/C(=C\N(C)/C(C)=C(\N=CCC)N(N)C(=O)OC(C)(C)C)OC1CCCCC1. The second kappa shape index (κ2) is 11.7. The number of aliphatic imine (C=N–C) groups is 1. The molecule has 1 saturated carbocycles. The average molecular weight is 407 g/mol. The Kier molecular flexibility index (Phi) is 9.95. The topological polar surface area (TPSA) is 80.4 Å². The molecule has 29 heavy (non-hydrogen) atoms. The summed E-state index contributed by atoms with van der Waals surface area (Å²) >= 11 is 0. The van der Waals surface area contributed by atoms with Crippen molar-refractivity contribution in [2.75, 3.05) is 7.05 Å². The van der Waals surface area contributed by atoms with Gasteiger partial charge in [-0.3, -0.25) is 0 Å². The maximum absolute atomic E-state index is 12.4. The van der Waals surface area contributed by atoms with Gasteiger partial charge in [0.15, 0.2) is 5.82 Å². The molecule has 0 radical (unpaired) electrons. The number of nitrogens with zero attached hydrogens (tertiary/aromatic N) is 3. The third-order valence-corrected chi connectivity index (χ3v) is 4.44. The summed E-state index contributed by atoms with van der Waals surface area (Å²) in [6.45, 7) is 13.0. The van der Waals surface area contributed by atoms with Crippen LogP contribution < -0.4 is 5.84 Å². The lowest BCUT2D eigenvalue weighted by Crippen LogP contribution is -2.41. The van der Waals surface area contributed by atoms with Gasteiger partial charge < -0.3 is 14.4 Å². The van der Waals surface area contributed by atoms with Crippen LogP contribution in [0.25, 0.3) is 0 Å². The Labute approximate surface area is 175 Å². The summed E-state index contributed by atoms with van der Waals surface area (Å²) in [6.07, 6.45) is 11.3. The number of hydrogen-bond donors (Lipinski definition) is 1. The van der Waals surface area contributed by atoms with Crippen molar-refractivity contribution in [1.82, 2.24) is 9.91 Å². The Bertz CT molecular complexity index is 641. The highest BCUT2D eigenvalue weighted by Gasteiger charge is 2.24. The number of carbonyl (C=O) groups excluding carboxylic acids is 1. The van der Waals surface area contributed by atoms with E-state index in [0.717, 1.165) is 17.9 Å². The molecule has 1 aliphatic rings. The van der Waals surface area contributed by atoms with Crippen molar-refractivity contribution < 1.29 is 14.3 Å². The molecule has 1 aliphatic carbocycles. The first-order valence-corrected chi connectivity index (χ1v) is 10.3. The first-order valence-electron chi connectivity index (χ1n) is 10.3. The van der Waals surface area contributed by atoms with Crippen LogP contribution in [0.2, 0.25) is 0 Å². The highest BCUT2D eigenvalue weighted by molar-refractivity contribution is 5.70. The summed E-state index contributed by atoms with van der Waals surface area (Å²) in [7, 11) is 1.85. The summed E-state index contributed by atoms with van der Waals surface area (Å²) in [5, 5.41) is 0.937. The molecule has 1 amide bonds. The van der Waals surface area contributed by atoms with Crippen molar-refractivity contribution in [3.05, 3.63) is 36.1 Å². The second-order valence-electron chi connectivity index (χ2n) is 8.20. The highest BCUT2D eigenvalue weighted by atomic mass is 16.6. The van der Waals surface area contributed by atoms with Crippen LogP contribution in [0.4, 0.5) is 4.79 Å². The van der Waals surface area contributed by atoms with Crippen LogP contribution in [0, 0.1) is 0 Å². The third-order valence-electron chi connectivity index (χ3n) is 4.44. The quantitative estimate of drug-likeness (QED) is 0.152. The van der Waals surface area contributed by atoms with Crippen LogP contribution in [-0.4, -0.2) is 41.0 Å². The minimum atomic E-state index is -0.667. The van der Waals surface area contributed by atoms with Gasteiger partial charge in [0, 0.05) is 19.5 Å². The van der Waals surface area contributed by atoms with Gasteiger partial charge in [-0.25, -0.2) is 15.6 Å². The van der Waals surface area contributed by atoms with Crippen molar-refractivity contribution in [2.24, 2.45) is 10.8 Å². The smallest absolute Gasteiger partial charge is 0.430 e. The van der Waals surface area contributed by atoms with Gasteiger partial charge in [0.1, 0.15) is 11.4 Å². The summed E-state index contributed by atoms with van der Waals surface area (Å²) in [5.41, 5.74) is 0.0207. The monoisotopic (exact) mass is 406 g/mol. The number of nitrogens with two attached hydrogens (primary N) is 1. The Balaban J connectivity index is 3.08. The Hall–Kier alpha value is -2.28. The number of hydrazine groups is 1. The molecule has 1 fully saturated rings. The maximum atomic E-state index is 12.4. The standard InChI is InChI=1S/C22H38N4O3/c1-8-15-24-20(26(23)21(27)29-22(4,5)6)17(3)25(7)16-18(9-2)28-19-13-11-10-12-14-19/h9,15-16,19H,2,8,10-14,23H2,1,3-7H3/b18-16+,20-17+,24-15?. The average Bonchev–Trinajstić information content (AvgIpc) is 2.66. The van der Waals surface area contributed by atoms with Gasteiger partial charge in [-0.15, -0.1) is 0 Å². The van der Waals surface area contributed by atoms with E-state index in [1.165, 1.54) is 19.3 Å². The Morgan fingerprint density at radius 1 is 1.28 bits per heavy atom. The first kappa shape index (κ1) is 24.8. The van der Waals surface area contributed by atoms with E-state index in [9.17, 15) is 4.79 Å². The second-order valence-corrected chi connectivity index (χ2v) is 8.20. The zero-order valence-electron chi connectivity index (χ0n) is 18.9. The van der Waals surface area contributed by atoms with Crippen molar-refractivity contribution >= 4 is 12.3 Å². The van der Waals surface area contributed by atoms with E-state index < -0.39 is 11.7 Å². The van der Waals surface area contributed by atoms with E-state index in [4.69, 9.17) is 15.3 Å². The summed E-state index contributed by atoms with van der Waals surface area (Å²) in [4.78, 5) is 18.6. The largest absolute Gasteiger partial charge is 0.489 e. The van der Waals surface area contributed by atoms with Gasteiger partial charge in [0.2, 0.25) is 0 Å². The third kappa shape index (κ3) is 8.73. The molecule has 0 saturated heterocycles. The minimum absolute atomic E-state index is 0.219. The zero-order valence-corrected chi connectivity index (χ0v) is 18.9. The predicted octanol–water partition coefficient (Wildman–Crippen LogP) is 5.08. The van der Waals surface area contributed by atoms with Crippen LogP contribution >= 0.6 is 0 Å². The van der Waals surface area contributed by atoms with Gasteiger partial charge >= 0.3 is 6.09 Å². The van der Waals surface area contributed by atoms with Gasteiger partial charge in [-0.05, 0) is 65.9 Å². The van der Waals surface area contributed by atoms with Crippen LogP contribution in [0.3, 0.4) is 0 Å². The molecule has 0 aliphatic heterocycles. The zero-order chi connectivity index (χ0) is 22.0. The van der Waals surface area contributed by atoms with E-state index in [-0.39, 0.29) is 6.10 Å². The molecule has 0 heterocycles. The van der Waals surface area contributed by atoms with Crippen LogP contribution in [0.1, 0.15) is 73.1 Å². The molecule has 0 atom stereocenters. The van der Waals surface area contributed by atoms with Crippen LogP contribution in [0.5, 0.6) is 0 Å². The van der Waals surface area contributed by atoms with E-state index >= 15 is 0 Å². The first-order chi connectivity index (χ1) is 13.6. The maximum Gasteiger partial charge on any atom is 0.430 e. The van der Waals surface area contributed by atoms with Crippen molar-refractivity contribution in [1.29, 1.82) is 0 Å². The molecular formula is C22H38N4O3. The number of amides is 1. The van der Waals surface area contributed by atoms with Crippen LogP contribution in [-0.2, 0) is 9.47 Å². The van der Waals surface area contributed by atoms with Gasteiger partial charge in [0.05, 0.1) is 11.8 Å². The van der Waals surface area contributed by atoms with E-state index in [0.29, 0.717) is 23.7 Å². The summed E-state index contributed by atoms with van der Waals surface area (Å²) in [5.74, 6) is 7.03. The Morgan fingerprint density at radius 2 is 1.90 bits per heavy atom. The van der Waals surface area contributed by atoms with Crippen molar-refractivity contribution in [3.8, 4) is 0 Å². The molecule has 0 aromatic carbocycles. The molecule has 0 unspecified atom stereocenters. The molecule has 2 N–H and O–H groups in total. The Morgan fingerprint density at radius 3 is 2.41 bits per heavy atom. The lowest BCUT2D eigenvalue weighted by molar-refractivity contribution is 0.0305. The molecule has 7 heteroatoms. The van der Waals surface area contributed by atoms with E-state index in [2.05, 4.69) is 11.6 Å². The molecule has 0 aromatic heterocycles. The summed E-state index contributed by atoms with van der Waals surface area (Å²) in [6, 6.07) is 0. The lowest BCUT2D eigenvalue weighted by Gasteiger charge is -2.27. The van der Waals surface area contributed by atoms with Crippen molar-refractivity contribution in [3.63, 3.8) is 0 Å². The van der Waals surface area contributed by atoms with Crippen LogP contribution in [0.15, 0.2) is 41.1 Å². The van der Waals surface area contributed by atoms with Gasteiger partial charge in [-0.1, -0.05) is 19.9 Å². The number of ether oxygens (including phenoxy) is 2. The molecule has 0 bridgehead atoms. The fraction of sp³-hybridized carbons (Fsp3) is 0.636. The molecule has 7 nitrogen and oxygen atoms in total. The predicted molar refractivity (Wildman–Crippen MR) is 118 cm³/mol. The number of allylic oxidation sites excluding steroid dienone is 2. The number of hydrogen-bond acceptors (Lipinski definition) is 6. The minimum Gasteiger partial charge on any atom is -0.489 e. The fourth-order valence-corrected chi connectivity index (χ4v) is 2.86. The normalized spacial score (nSPS) is 17.0. The number of carbonyl (C=O) groups is 1. The molecule has 1 rings (SSSR count). The molecular weight excluding hydrogens is 368 g/mol. The number of rotatable bonds is 8.